The number of hydroxylamine groups is 1. The van der Waals surface area contributed by atoms with Crippen molar-refractivity contribution in [3.8, 4) is 0 Å². The van der Waals surface area contributed by atoms with Crippen molar-refractivity contribution in [1.82, 2.24) is 15.3 Å². The lowest BCUT2D eigenvalue weighted by Gasteiger charge is -1.99. The van der Waals surface area contributed by atoms with E-state index in [1.807, 2.05) is 26.2 Å². The van der Waals surface area contributed by atoms with Gasteiger partial charge in [0.2, 0.25) is 0 Å². The largest absolute Gasteiger partial charge is 0.302 e. The second kappa shape index (κ2) is 4.10. The normalized spacial score (nSPS) is 10.4. The lowest BCUT2D eigenvalue weighted by molar-refractivity contribution is 0.0455. The molecule has 62 valence electrons. The van der Waals surface area contributed by atoms with E-state index in [1.165, 1.54) is 0 Å². The first-order valence-electron chi connectivity index (χ1n) is 3.66. The molecule has 1 aromatic heterocycles. The van der Waals surface area contributed by atoms with Crippen molar-refractivity contribution >= 4 is 0 Å². The van der Waals surface area contributed by atoms with E-state index in [0.717, 1.165) is 5.69 Å². The quantitative estimate of drug-likeness (QED) is 0.507. The Bertz CT molecular complexity index is 209. The van der Waals surface area contributed by atoms with E-state index in [0.29, 0.717) is 13.2 Å². The summed E-state index contributed by atoms with van der Waals surface area (Å²) in [6.07, 6.45) is 1.91. The molecule has 0 aliphatic rings. The third kappa shape index (κ3) is 2.69. The van der Waals surface area contributed by atoms with Crippen molar-refractivity contribution in [1.29, 1.82) is 0 Å². The topological polar surface area (TPSA) is 39.1 Å². The Labute approximate surface area is 66.1 Å². The average molecular weight is 155 g/mol. The van der Waals surface area contributed by atoms with Gasteiger partial charge >= 0.3 is 0 Å². The molecular weight excluding hydrogens is 142 g/mol. The van der Waals surface area contributed by atoms with Crippen LogP contribution in [0.4, 0.5) is 0 Å². The summed E-state index contributed by atoms with van der Waals surface area (Å²) in [7, 11) is 1.89. The molecule has 1 rings (SSSR count). The van der Waals surface area contributed by atoms with Crippen LogP contribution in [0.3, 0.4) is 0 Å². The van der Waals surface area contributed by atoms with Crippen molar-refractivity contribution < 1.29 is 4.84 Å². The molecule has 0 unspecified atom stereocenters. The number of aryl methyl sites for hydroxylation is 1. The minimum atomic E-state index is 0.661. The summed E-state index contributed by atoms with van der Waals surface area (Å²) < 4.78 is 1.77. The van der Waals surface area contributed by atoms with Gasteiger partial charge in [0.1, 0.15) is 0 Å². The van der Waals surface area contributed by atoms with Gasteiger partial charge in [0, 0.05) is 13.2 Å². The van der Waals surface area contributed by atoms with Crippen LogP contribution in [0.2, 0.25) is 0 Å². The summed E-state index contributed by atoms with van der Waals surface area (Å²) in [4.78, 5) is 4.95. The molecule has 0 aliphatic heterocycles. The van der Waals surface area contributed by atoms with Crippen molar-refractivity contribution in [3.05, 3.63) is 18.0 Å². The average Bonchev–Trinajstić information content (AvgIpc) is 2.37. The second-order valence-corrected chi connectivity index (χ2v) is 2.23. The summed E-state index contributed by atoms with van der Waals surface area (Å²) >= 11 is 0. The van der Waals surface area contributed by atoms with E-state index >= 15 is 0 Å². The molecule has 0 atom stereocenters. The predicted molar refractivity (Wildman–Crippen MR) is 41.7 cm³/mol. The molecule has 0 amide bonds. The van der Waals surface area contributed by atoms with Gasteiger partial charge in [0.05, 0.1) is 18.8 Å². The van der Waals surface area contributed by atoms with Gasteiger partial charge in [-0.3, -0.25) is 4.68 Å². The third-order valence-electron chi connectivity index (χ3n) is 1.27. The Kier molecular flexibility index (Phi) is 3.07. The Hall–Kier alpha value is -0.870. The molecule has 0 saturated carbocycles. The predicted octanol–water partition coefficient (Wildman–Crippen LogP) is 0.461. The highest BCUT2D eigenvalue weighted by Crippen LogP contribution is 1.91. The molecule has 1 aromatic rings. The molecule has 0 bridgehead atoms. The molecule has 4 nitrogen and oxygen atoms in total. The minimum Gasteiger partial charge on any atom is -0.302 e. The number of nitrogens with one attached hydrogen (secondary N) is 1. The molecule has 1 heterocycles. The first-order valence-corrected chi connectivity index (χ1v) is 3.66. The van der Waals surface area contributed by atoms with E-state index in [1.54, 1.807) is 4.68 Å². The van der Waals surface area contributed by atoms with Gasteiger partial charge in [-0.25, -0.2) is 0 Å². The van der Waals surface area contributed by atoms with Gasteiger partial charge < -0.3 is 4.84 Å². The molecule has 1 N–H and O–H groups in total. The van der Waals surface area contributed by atoms with E-state index in [4.69, 9.17) is 4.84 Å². The van der Waals surface area contributed by atoms with Crippen LogP contribution in [0, 0.1) is 0 Å². The maximum Gasteiger partial charge on any atom is 0.0786 e. The van der Waals surface area contributed by atoms with Crippen LogP contribution in [0.15, 0.2) is 12.3 Å². The van der Waals surface area contributed by atoms with E-state index in [9.17, 15) is 0 Å². The summed E-state index contributed by atoms with van der Waals surface area (Å²) in [5.74, 6) is 0. The fourth-order valence-corrected chi connectivity index (χ4v) is 0.784. The maximum absolute atomic E-state index is 4.95. The summed E-state index contributed by atoms with van der Waals surface area (Å²) in [6.45, 7) is 3.27. The summed E-state index contributed by atoms with van der Waals surface area (Å²) in [5, 5.41) is 4.16. The summed E-state index contributed by atoms with van der Waals surface area (Å²) in [6, 6.07) is 1.95. The van der Waals surface area contributed by atoms with Crippen LogP contribution >= 0.6 is 0 Å². The highest BCUT2D eigenvalue weighted by molar-refractivity contribution is 4.97. The SMILES string of the molecule is CCONCc1ccn(C)n1. The van der Waals surface area contributed by atoms with E-state index in [2.05, 4.69) is 10.6 Å². The highest BCUT2D eigenvalue weighted by atomic mass is 16.6. The monoisotopic (exact) mass is 155 g/mol. The van der Waals surface area contributed by atoms with Gasteiger partial charge in [-0.05, 0) is 13.0 Å². The number of hydrogen-bond acceptors (Lipinski definition) is 3. The lowest BCUT2D eigenvalue weighted by Crippen LogP contribution is -2.14. The van der Waals surface area contributed by atoms with Crippen molar-refractivity contribution in [2.45, 2.75) is 13.5 Å². The Morgan fingerprint density at radius 1 is 1.73 bits per heavy atom. The lowest BCUT2D eigenvalue weighted by atomic mass is 10.4. The number of nitrogens with zero attached hydrogens (tertiary/aromatic N) is 2. The first-order chi connectivity index (χ1) is 5.33. The second-order valence-electron chi connectivity index (χ2n) is 2.23. The molecular formula is C7H13N3O. The van der Waals surface area contributed by atoms with Gasteiger partial charge in [0.15, 0.2) is 0 Å². The van der Waals surface area contributed by atoms with Crippen LogP contribution < -0.4 is 5.48 Å². The number of aromatic nitrogens is 2. The Morgan fingerprint density at radius 2 is 2.55 bits per heavy atom. The van der Waals surface area contributed by atoms with Crippen LogP contribution in [0.25, 0.3) is 0 Å². The summed E-state index contributed by atoms with van der Waals surface area (Å²) in [5.41, 5.74) is 3.78. The fourth-order valence-electron chi connectivity index (χ4n) is 0.784. The standard InChI is InChI=1S/C7H13N3O/c1-3-11-8-6-7-4-5-10(2)9-7/h4-5,8H,3,6H2,1-2H3. The van der Waals surface area contributed by atoms with Crippen molar-refractivity contribution in [2.75, 3.05) is 6.61 Å². The first kappa shape index (κ1) is 8.23. The van der Waals surface area contributed by atoms with E-state index < -0.39 is 0 Å². The van der Waals surface area contributed by atoms with Gasteiger partial charge in [-0.2, -0.15) is 10.6 Å². The molecule has 0 saturated heterocycles. The van der Waals surface area contributed by atoms with Crippen molar-refractivity contribution in [2.24, 2.45) is 7.05 Å². The Balaban J connectivity index is 2.27. The highest BCUT2D eigenvalue weighted by Gasteiger charge is 1.93. The van der Waals surface area contributed by atoms with Crippen LogP contribution in [0.5, 0.6) is 0 Å². The van der Waals surface area contributed by atoms with Crippen molar-refractivity contribution in [3.63, 3.8) is 0 Å². The molecule has 11 heavy (non-hydrogen) atoms. The smallest absolute Gasteiger partial charge is 0.0786 e. The Morgan fingerprint density at radius 3 is 3.09 bits per heavy atom. The molecule has 0 radical (unpaired) electrons. The van der Waals surface area contributed by atoms with E-state index in [-0.39, 0.29) is 0 Å². The zero-order chi connectivity index (χ0) is 8.10. The maximum atomic E-state index is 4.95. The molecule has 0 aliphatic carbocycles. The molecule has 0 fully saturated rings. The molecule has 0 spiro atoms. The van der Waals surface area contributed by atoms with Crippen LogP contribution in [-0.4, -0.2) is 16.4 Å². The number of rotatable bonds is 4. The van der Waals surface area contributed by atoms with Gasteiger partial charge in [-0.1, -0.05) is 0 Å². The molecule has 4 heteroatoms. The number of hydrogen-bond donors (Lipinski definition) is 1. The zero-order valence-corrected chi connectivity index (χ0v) is 6.87. The molecule has 0 aromatic carbocycles. The fraction of sp³-hybridized carbons (Fsp3) is 0.571. The van der Waals surface area contributed by atoms with Crippen LogP contribution in [0.1, 0.15) is 12.6 Å². The van der Waals surface area contributed by atoms with Gasteiger partial charge in [0.25, 0.3) is 0 Å². The third-order valence-corrected chi connectivity index (χ3v) is 1.27. The minimum absolute atomic E-state index is 0.661. The van der Waals surface area contributed by atoms with Gasteiger partial charge in [-0.15, -0.1) is 0 Å². The zero-order valence-electron chi connectivity index (χ0n) is 6.87. The van der Waals surface area contributed by atoms with Crippen LogP contribution in [-0.2, 0) is 18.4 Å².